The molecule has 1 aromatic carbocycles. The highest BCUT2D eigenvalue weighted by atomic mass is 16.5. The molecule has 0 spiro atoms. The second-order valence-corrected chi connectivity index (χ2v) is 4.27. The monoisotopic (exact) mass is 295 g/mol. The molecule has 3 N–H and O–H groups in total. The highest BCUT2D eigenvalue weighted by Crippen LogP contribution is 2.03. The summed E-state index contributed by atoms with van der Waals surface area (Å²) in [7, 11) is 1.53. The quantitative estimate of drug-likeness (QED) is 0.642. The second-order valence-electron chi connectivity index (χ2n) is 4.27. The van der Waals surface area contributed by atoms with E-state index in [1.165, 1.54) is 12.0 Å². The molecule has 7 heteroatoms. The second kappa shape index (κ2) is 9.73. The van der Waals surface area contributed by atoms with Crippen LogP contribution in [0.25, 0.3) is 0 Å². The van der Waals surface area contributed by atoms with E-state index in [9.17, 15) is 9.59 Å². The summed E-state index contributed by atoms with van der Waals surface area (Å²) in [6, 6.07) is 8.49. The number of aliphatic hydroxyl groups is 1. The van der Waals surface area contributed by atoms with Gasteiger partial charge in [0.2, 0.25) is 5.91 Å². The van der Waals surface area contributed by atoms with E-state index < -0.39 is 6.03 Å². The van der Waals surface area contributed by atoms with Gasteiger partial charge in [0.25, 0.3) is 0 Å². The first-order chi connectivity index (χ1) is 10.2. The minimum Gasteiger partial charge on any atom is -0.395 e. The van der Waals surface area contributed by atoms with Crippen LogP contribution in [-0.4, -0.2) is 61.9 Å². The third-order valence-electron chi connectivity index (χ3n) is 2.72. The maximum atomic E-state index is 11.9. The van der Waals surface area contributed by atoms with E-state index in [0.29, 0.717) is 18.8 Å². The van der Waals surface area contributed by atoms with E-state index >= 15 is 0 Å². The van der Waals surface area contributed by atoms with Gasteiger partial charge in [0.1, 0.15) is 0 Å². The van der Waals surface area contributed by atoms with Gasteiger partial charge in [-0.1, -0.05) is 18.2 Å². The van der Waals surface area contributed by atoms with Crippen LogP contribution in [0, 0.1) is 0 Å². The lowest BCUT2D eigenvalue weighted by Gasteiger charge is -2.21. The van der Waals surface area contributed by atoms with Gasteiger partial charge in [-0.25, -0.2) is 4.79 Å². The Balaban J connectivity index is 2.37. The van der Waals surface area contributed by atoms with Gasteiger partial charge in [0, 0.05) is 25.9 Å². The van der Waals surface area contributed by atoms with Crippen molar-refractivity contribution in [2.24, 2.45) is 0 Å². The molecular formula is C14H21N3O4. The Bertz CT molecular complexity index is 439. The molecule has 0 radical (unpaired) electrons. The number of ether oxygens (including phenoxy) is 1. The number of amides is 3. The van der Waals surface area contributed by atoms with Crippen molar-refractivity contribution in [1.82, 2.24) is 10.2 Å². The SMILES string of the molecule is COCCN(CCO)C(=O)CNC(=O)Nc1ccccc1. The molecule has 21 heavy (non-hydrogen) atoms. The van der Waals surface area contributed by atoms with Gasteiger partial charge in [-0.05, 0) is 12.1 Å². The average Bonchev–Trinajstić information content (AvgIpc) is 2.50. The lowest BCUT2D eigenvalue weighted by molar-refractivity contribution is -0.131. The normalized spacial score (nSPS) is 10.0. The third-order valence-corrected chi connectivity index (χ3v) is 2.72. The van der Waals surface area contributed by atoms with Gasteiger partial charge in [-0.3, -0.25) is 4.79 Å². The molecule has 0 bridgehead atoms. The van der Waals surface area contributed by atoms with Gasteiger partial charge in [0.15, 0.2) is 0 Å². The Kier molecular flexibility index (Phi) is 7.85. The van der Waals surface area contributed by atoms with Crippen LogP contribution in [0.1, 0.15) is 0 Å². The largest absolute Gasteiger partial charge is 0.395 e. The molecule has 0 aliphatic carbocycles. The molecule has 1 rings (SSSR count). The molecule has 1 aromatic rings. The van der Waals surface area contributed by atoms with Crippen LogP contribution in [0.4, 0.5) is 10.5 Å². The number of anilines is 1. The van der Waals surface area contributed by atoms with Crippen molar-refractivity contribution in [3.8, 4) is 0 Å². The van der Waals surface area contributed by atoms with Gasteiger partial charge in [-0.15, -0.1) is 0 Å². The van der Waals surface area contributed by atoms with Gasteiger partial charge in [-0.2, -0.15) is 0 Å². The van der Waals surface area contributed by atoms with E-state index in [4.69, 9.17) is 9.84 Å². The summed E-state index contributed by atoms with van der Waals surface area (Å²) >= 11 is 0. The van der Waals surface area contributed by atoms with E-state index in [1.54, 1.807) is 24.3 Å². The first-order valence-corrected chi connectivity index (χ1v) is 6.65. The average molecular weight is 295 g/mol. The zero-order valence-electron chi connectivity index (χ0n) is 12.0. The van der Waals surface area contributed by atoms with Crippen LogP contribution in [0.2, 0.25) is 0 Å². The maximum absolute atomic E-state index is 11.9. The summed E-state index contributed by atoms with van der Waals surface area (Å²) < 4.78 is 4.90. The number of benzene rings is 1. The van der Waals surface area contributed by atoms with Crippen LogP contribution in [-0.2, 0) is 9.53 Å². The molecule has 0 heterocycles. The van der Waals surface area contributed by atoms with Crippen LogP contribution >= 0.6 is 0 Å². The van der Waals surface area contributed by atoms with Crippen molar-refractivity contribution in [2.45, 2.75) is 0 Å². The van der Waals surface area contributed by atoms with Crippen molar-refractivity contribution in [3.05, 3.63) is 30.3 Å². The van der Waals surface area contributed by atoms with Gasteiger partial charge >= 0.3 is 6.03 Å². The van der Waals surface area contributed by atoms with Crippen LogP contribution < -0.4 is 10.6 Å². The molecule has 7 nitrogen and oxygen atoms in total. The number of nitrogens with one attached hydrogen (secondary N) is 2. The van der Waals surface area contributed by atoms with Gasteiger partial charge in [0.05, 0.1) is 19.8 Å². The van der Waals surface area contributed by atoms with E-state index in [2.05, 4.69) is 10.6 Å². The lowest BCUT2D eigenvalue weighted by atomic mass is 10.3. The fourth-order valence-electron chi connectivity index (χ4n) is 1.65. The number of para-hydroxylation sites is 1. The van der Waals surface area contributed by atoms with Crippen molar-refractivity contribution in [1.29, 1.82) is 0 Å². The third kappa shape index (κ3) is 6.73. The van der Waals surface area contributed by atoms with Crippen molar-refractivity contribution >= 4 is 17.6 Å². The van der Waals surface area contributed by atoms with Crippen molar-refractivity contribution in [3.63, 3.8) is 0 Å². The zero-order chi connectivity index (χ0) is 15.5. The van der Waals surface area contributed by atoms with Crippen LogP contribution in [0.5, 0.6) is 0 Å². The van der Waals surface area contributed by atoms with Crippen LogP contribution in [0.3, 0.4) is 0 Å². The van der Waals surface area contributed by atoms with Crippen molar-refractivity contribution < 1.29 is 19.4 Å². The molecule has 0 aromatic heterocycles. The first-order valence-electron chi connectivity index (χ1n) is 6.65. The molecule has 116 valence electrons. The Labute approximate surface area is 123 Å². The topological polar surface area (TPSA) is 90.9 Å². The summed E-state index contributed by atoms with van der Waals surface area (Å²) in [5.41, 5.74) is 0.647. The van der Waals surface area contributed by atoms with Gasteiger partial charge < -0.3 is 25.4 Å². The fraction of sp³-hybridized carbons (Fsp3) is 0.429. The highest BCUT2D eigenvalue weighted by Gasteiger charge is 2.13. The Hall–Kier alpha value is -2.12. The standard InChI is InChI=1S/C14H21N3O4/c1-21-10-8-17(7-9-18)13(19)11-15-14(20)16-12-5-3-2-4-6-12/h2-6,18H,7-11H2,1H3,(H2,15,16,20). The molecular weight excluding hydrogens is 274 g/mol. The lowest BCUT2D eigenvalue weighted by Crippen LogP contribution is -2.43. The molecule has 0 unspecified atom stereocenters. The smallest absolute Gasteiger partial charge is 0.319 e. The number of nitrogens with zero attached hydrogens (tertiary/aromatic N) is 1. The number of urea groups is 1. The number of hydrogen-bond donors (Lipinski definition) is 3. The zero-order valence-corrected chi connectivity index (χ0v) is 12.0. The number of carbonyl (C=O) groups is 2. The summed E-state index contributed by atoms with van der Waals surface area (Å²) in [6.45, 7) is 0.693. The number of carbonyl (C=O) groups excluding carboxylic acids is 2. The molecule has 0 saturated heterocycles. The molecule has 0 atom stereocenters. The summed E-state index contributed by atoms with van der Waals surface area (Å²) in [5.74, 6) is -0.274. The van der Waals surface area contributed by atoms with E-state index in [1.807, 2.05) is 6.07 Å². The fourth-order valence-corrected chi connectivity index (χ4v) is 1.65. The predicted molar refractivity (Wildman–Crippen MR) is 79.0 cm³/mol. The number of hydrogen-bond acceptors (Lipinski definition) is 4. The number of aliphatic hydroxyl groups excluding tert-OH is 1. The van der Waals surface area contributed by atoms with E-state index in [0.717, 1.165) is 0 Å². The summed E-state index contributed by atoms with van der Waals surface area (Å²) in [5, 5.41) is 14.0. The minimum atomic E-state index is -0.453. The Morgan fingerprint density at radius 2 is 1.95 bits per heavy atom. The van der Waals surface area contributed by atoms with Crippen LogP contribution in [0.15, 0.2) is 30.3 Å². The molecule has 0 aliphatic heterocycles. The molecule has 0 fully saturated rings. The highest BCUT2D eigenvalue weighted by molar-refractivity contribution is 5.92. The predicted octanol–water partition coefficient (Wildman–Crippen LogP) is 0.275. The molecule has 0 saturated carbocycles. The van der Waals surface area contributed by atoms with E-state index in [-0.39, 0.29) is 25.6 Å². The first kappa shape index (κ1) is 16.9. The summed E-state index contributed by atoms with van der Waals surface area (Å²) in [6.07, 6.45) is 0. The summed E-state index contributed by atoms with van der Waals surface area (Å²) in [4.78, 5) is 25.0. The van der Waals surface area contributed by atoms with Crippen molar-refractivity contribution in [2.75, 3.05) is 45.3 Å². The minimum absolute atomic E-state index is 0.133. The molecule has 0 aliphatic rings. The Morgan fingerprint density at radius 1 is 1.24 bits per heavy atom. The molecule has 3 amide bonds. The number of methoxy groups -OCH3 is 1. The maximum Gasteiger partial charge on any atom is 0.319 e. The number of rotatable bonds is 8. The Morgan fingerprint density at radius 3 is 2.57 bits per heavy atom.